The summed E-state index contributed by atoms with van der Waals surface area (Å²) in [5.41, 5.74) is 11.0. The van der Waals surface area contributed by atoms with Crippen LogP contribution in [0.1, 0.15) is 31.3 Å². The van der Waals surface area contributed by atoms with Crippen LogP contribution in [-0.4, -0.2) is 22.1 Å². The average Bonchev–Trinajstić information content (AvgIpc) is 2.83. The number of halogens is 3. The van der Waals surface area contributed by atoms with E-state index in [9.17, 15) is 18.0 Å². The highest BCUT2D eigenvalue weighted by Crippen LogP contribution is 2.35. The molecule has 1 atom stereocenters. The number of nitrogens with zero attached hydrogens (tertiary/aromatic N) is 2. The lowest BCUT2D eigenvalue weighted by Crippen LogP contribution is -2.29. The predicted octanol–water partition coefficient (Wildman–Crippen LogP) is 6.23. The van der Waals surface area contributed by atoms with E-state index in [1.165, 1.54) is 12.1 Å². The maximum Gasteiger partial charge on any atom is 0.490 e. The van der Waals surface area contributed by atoms with E-state index >= 15 is 0 Å². The fourth-order valence-electron chi connectivity index (χ4n) is 3.84. The Labute approximate surface area is 200 Å². The second-order valence-electron chi connectivity index (χ2n) is 8.62. The number of fused-ring (bicyclic) bond motifs is 1. The van der Waals surface area contributed by atoms with E-state index in [1.54, 1.807) is 18.3 Å². The number of pyridine rings is 2. The van der Waals surface area contributed by atoms with E-state index in [2.05, 4.69) is 29.6 Å². The van der Waals surface area contributed by atoms with Crippen LogP contribution in [0.15, 0.2) is 72.9 Å². The lowest BCUT2D eigenvalue weighted by molar-refractivity contribution is -0.205. The van der Waals surface area contributed by atoms with Crippen molar-refractivity contribution in [2.24, 2.45) is 11.7 Å². The van der Waals surface area contributed by atoms with E-state index in [0.717, 1.165) is 39.7 Å². The summed E-state index contributed by atoms with van der Waals surface area (Å²) in [5.74, 6) is -1.90. The van der Waals surface area contributed by atoms with Crippen molar-refractivity contribution < 1.29 is 22.7 Å². The molecule has 35 heavy (non-hydrogen) atoms. The molecule has 2 N–H and O–H groups in total. The van der Waals surface area contributed by atoms with Gasteiger partial charge in [-0.05, 0) is 30.0 Å². The van der Waals surface area contributed by atoms with Gasteiger partial charge in [0.25, 0.3) is 0 Å². The van der Waals surface area contributed by atoms with Crippen molar-refractivity contribution in [3.05, 3.63) is 84.2 Å². The fraction of sp³-hybridized carbons (Fsp3) is 0.222. The third-order valence-corrected chi connectivity index (χ3v) is 5.49. The largest absolute Gasteiger partial charge is 0.490 e. The van der Waals surface area contributed by atoms with Gasteiger partial charge in [0.05, 0.1) is 11.2 Å². The van der Waals surface area contributed by atoms with Gasteiger partial charge in [0.15, 0.2) is 6.23 Å². The first-order valence-corrected chi connectivity index (χ1v) is 11.1. The summed E-state index contributed by atoms with van der Waals surface area (Å²) < 4.78 is 41.8. The first kappa shape index (κ1) is 24.3. The zero-order valence-electron chi connectivity index (χ0n) is 19.2. The van der Waals surface area contributed by atoms with Crippen molar-refractivity contribution in [2.75, 3.05) is 0 Å². The van der Waals surface area contributed by atoms with Crippen LogP contribution in [0.4, 0.5) is 13.2 Å². The average molecular weight is 480 g/mol. The van der Waals surface area contributed by atoms with Crippen molar-refractivity contribution in [2.45, 2.75) is 32.7 Å². The molecule has 1 unspecified atom stereocenters. The molecule has 5 nitrogen and oxygen atoms in total. The number of carbonyl (C=O) groups is 1. The number of esters is 1. The number of aromatic nitrogens is 2. The molecule has 8 heteroatoms. The van der Waals surface area contributed by atoms with Gasteiger partial charge in [-0.15, -0.1) is 0 Å². The first-order valence-electron chi connectivity index (χ1n) is 11.1. The fourth-order valence-corrected chi connectivity index (χ4v) is 3.84. The maximum atomic E-state index is 12.5. The van der Waals surface area contributed by atoms with Gasteiger partial charge in [0.2, 0.25) is 0 Å². The Morgan fingerprint density at radius 2 is 1.69 bits per heavy atom. The smallest absolute Gasteiger partial charge is 0.436 e. The zero-order valence-corrected chi connectivity index (χ0v) is 19.2. The number of ether oxygens (including phenoxy) is 1. The Kier molecular flexibility index (Phi) is 6.84. The number of alkyl halides is 3. The molecular weight excluding hydrogens is 455 g/mol. The van der Waals surface area contributed by atoms with Gasteiger partial charge in [0, 0.05) is 34.0 Å². The third-order valence-electron chi connectivity index (χ3n) is 5.49. The first-order chi connectivity index (χ1) is 16.6. The molecule has 2 aromatic carbocycles. The van der Waals surface area contributed by atoms with Gasteiger partial charge in [0.1, 0.15) is 0 Å². The number of nitrogens with two attached hydrogens (primary N) is 1. The van der Waals surface area contributed by atoms with E-state index in [-0.39, 0.29) is 5.56 Å². The van der Waals surface area contributed by atoms with Crippen LogP contribution < -0.4 is 5.73 Å². The summed E-state index contributed by atoms with van der Waals surface area (Å²) in [5, 5.41) is 0.974. The van der Waals surface area contributed by atoms with Crippen molar-refractivity contribution in [1.29, 1.82) is 0 Å². The molecule has 0 aliphatic rings. The van der Waals surface area contributed by atoms with Crippen LogP contribution >= 0.6 is 0 Å². The molecule has 180 valence electrons. The molecule has 0 saturated heterocycles. The summed E-state index contributed by atoms with van der Waals surface area (Å²) >= 11 is 0. The van der Waals surface area contributed by atoms with Crippen LogP contribution in [-0.2, 0) is 16.0 Å². The summed E-state index contributed by atoms with van der Waals surface area (Å²) in [7, 11) is 0. The minimum absolute atomic E-state index is 0.233. The van der Waals surface area contributed by atoms with Crippen LogP contribution in [0.25, 0.3) is 33.3 Å². The molecule has 2 heterocycles. The van der Waals surface area contributed by atoms with Crippen LogP contribution in [0.3, 0.4) is 0 Å². The van der Waals surface area contributed by atoms with E-state index in [0.29, 0.717) is 11.6 Å². The molecule has 0 aliphatic carbocycles. The highest BCUT2D eigenvalue weighted by molar-refractivity contribution is 5.92. The molecule has 0 aliphatic heterocycles. The molecular formula is C27H24F3N3O2. The second-order valence-corrected chi connectivity index (χ2v) is 8.62. The Hall–Kier alpha value is -3.78. The summed E-state index contributed by atoms with van der Waals surface area (Å²) in [4.78, 5) is 20.6. The van der Waals surface area contributed by atoms with Crippen LogP contribution in [0, 0.1) is 5.92 Å². The molecule has 0 amide bonds. The quantitative estimate of drug-likeness (QED) is 0.262. The van der Waals surface area contributed by atoms with Crippen molar-refractivity contribution in [3.63, 3.8) is 0 Å². The molecule has 0 fully saturated rings. The van der Waals surface area contributed by atoms with Gasteiger partial charge >= 0.3 is 12.1 Å². The summed E-state index contributed by atoms with van der Waals surface area (Å²) in [6, 6.07) is 20.2. The summed E-state index contributed by atoms with van der Waals surface area (Å²) in [6.07, 6.45) is -4.09. The number of carbonyl (C=O) groups excluding carboxylic acids is 1. The number of benzene rings is 2. The lowest BCUT2D eigenvalue weighted by Gasteiger charge is -2.16. The second kappa shape index (κ2) is 9.84. The zero-order chi connectivity index (χ0) is 25.2. The Bertz CT molecular complexity index is 1340. The van der Waals surface area contributed by atoms with Crippen LogP contribution in [0.2, 0.25) is 0 Å². The topological polar surface area (TPSA) is 78.1 Å². The minimum Gasteiger partial charge on any atom is -0.436 e. The van der Waals surface area contributed by atoms with E-state index < -0.39 is 18.4 Å². The number of rotatable bonds is 6. The number of hydrogen-bond acceptors (Lipinski definition) is 5. The van der Waals surface area contributed by atoms with Gasteiger partial charge in [-0.25, -0.2) is 9.78 Å². The summed E-state index contributed by atoms with van der Waals surface area (Å²) in [6.45, 7) is 4.28. The van der Waals surface area contributed by atoms with Gasteiger partial charge in [-0.3, -0.25) is 10.7 Å². The Balaban J connectivity index is 1.77. The standard InChI is InChI=1S/C27H24F3N3O2/c1-16(2)14-23-21-15-20(17-6-4-3-5-7-17)24(33-22(21)12-13-32-23)18-8-10-19(11-9-18)25(31)35-26(34)27(28,29)30/h3-13,15-16,25H,14,31H2,1-2H3. The van der Waals surface area contributed by atoms with Gasteiger partial charge in [-0.1, -0.05) is 68.4 Å². The maximum absolute atomic E-state index is 12.5. The molecule has 0 saturated carbocycles. The Morgan fingerprint density at radius 1 is 1.00 bits per heavy atom. The van der Waals surface area contributed by atoms with Crippen molar-refractivity contribution in [3.8, 4) is 22.4 Å². The highest BCUT2D eigenvalue weighted by Gasteiger charge is 2.42. The molecule has 4 rings (SSSR count). The monoisotopic (exact) mass is 479 g/mol. The third kappa shape index (κ3) is 5.49. The van der Waals surface area contributed by atoms with Gasteiger partial charge in [-0.2, -0.15) is 13.2 Å². The van der Waals surface area contributed by atoms with Gasteiger partial charge < -0.3 is 4.74 Å². The van der Waals surface area contributed by atoms with Crippen molar-refractivity contribution >= 4 is 16.9 Å². The normalized spacial score (nSPS) is 12.7. The number of hydrogen-bond donors (Lipinski definition) is 1. The molecule has 2 aromatic heterocycles. The molecule has 4 aromatic rings. The SMILES string of the molecule is CC(C)Cc1nccc2nc(-c3ccc(C(N)OC(=O)C(F)(F)F)cc3)c(-c3ccccc3)cc12. The minimum atomic E-state index is -5.11. The predicted molar refractivity (Wildman–Crippen MR) is 128 cm³/mol. The molecule has 0 radical (unpaired) electrons. The lowest BCUT2D eigenvalue weighted by atomic mass is 9.95. The van der Waals surface area contributed by atoms with Crippen molar-refractivity contribution in [1.82, 2.24) is 9.97 Å². The van der Waals surface area contributed by atoms with E-state index in [4.69, 9.17) is 10.7 Å². The molecule has 0 spiro atoms. The van der Waals surface area contributed by atoms with E-state index in [1.807, 2.05) is 36.4 Å². The van der Waals surface area contributed by atoms with Crippen LogP contribution in [0.5, 0.6) is 0 Å². The highest BCUT2D eigenvalue weighted by atomic mass is 19.4. The molecule has 0 bridgehead atoms. The Morgan fingerprint density at radius 3 is 2.31 bits per heavy atom.